The van der Waals surface area contributed by atoms with Crippen molar-refractivity contribution >= 4 is 5.95 Å². The maximum absolute atomic E-state index is 4.96. The van der Waals surface area contributed by atoms with E-state index in [1.54, 1.807) is 0 Å². The number of nitrogens with one attached hydrogen (secondary N) is 1. The van der Waals surface area contributed by atoms with Crippen LogP contribution in [0.5, 0.6) is 12.0 Å². The fourth-order valence-electron chi connectivity index (χ4n) is 1.51. The average Bonchev–Trinajstić information content (AvgIpc) is 3.02. The van der Waals surface area contributed by atoms with Gasteiger partial charge in [-0.05, 0) is 18.3 Å². The molecule has 1 fully saturated rings. The molecule has 1 aromatic rings. The minimum Gasteiger partial charge on any atom is -0.467 e. The summed E-state index contributed by atoms with van der Waals surface area (Å²) in [4.78, 5) is 12.1. The Bertz CT molecular complexity index is 350. The molecular weight excluding hydrogens is 208 g/mol. The lowest BCUT2D eigenvalue weighted by atomic mass is 10.3. The van der Waals surface area contributed by atoms with Crippen molar-refractivity contribution in [3.8, 4) is 12.0 Å². The summed E-state index contributed by atoms with van der Waals surface area (Å²) < 4.78 is 9.92. The normalized spacial score (nSPS) is 22.7. The molecule has 1 aliphatic carbocycles. The number of ether oxygens (including phenoxy) is 2. The molecule has 0 amide bonds. The number of hydrogen-bond donors (Lipinski definition) is 1. The molecule has 2 atom stereocenters. The molecule has 0 aromatic carbocycles. The van der Waals surface area contributed by atoms with Gasteiger partial charge >= 0.3 is 12.0 Å². The van der Waals surface area contributed by atoms with E-state index in [1.807, 2.05) is 0 Å². The monoisotopic (exact) mass is 224 g/mol. The van der Waals surface area contributed by atoms with E-state index in [1.165, 1.54) is 20.6 Å². The van der Waals surface area contributed by atoms with Crippen molar-refractivity contribution in [3.05, 3.63) is 0 Å². The Morgan fingerprint density at radius 3 is 2.19 bits per heavy atom. The zero-order valence-electron chi connectivity index (χ0n) is 9.73. The molecule has 1 heterocycles. The Kier molecular flexibility index (Phi) is 3.07. The number of rotatable bonds is 5. The molecule has 1 aromatic heterocycles. The fraction of sp³-hybridized carbons (Fsp3) is 0.700. The Morgan fingerprint density at radius 2 is 1.75 bits per heavy atom. The Balaban J connectivity index is 2.01. The summed E-state index contributed by atoms with van der Waals surface area (Å²) in [5, 5.41) is 3.16. The van der Waals surface area contributed by atoms with Crippen molar-refractivity contribution in [3.63, 3.8) is 0 Å². The molecule has 0 aliphatic heterocycles. The third-order valence-electron chi connectivity index (χ3n) is 2.76. The fourth-order valence-corrected chi connectivity index (χ4v) is 1.51. The summed E-state index contributed by atoms with van der Waals surface area (Å²) in [5.74, 6) is 2.04. The molecule has 0 radical (unpaired) electrons. The van der Waals surface area contributed by atoms with E-state index >= 15 is 0 Å². The van der Waals surface area contributed by atoms with Crippen molar-refractivity contribution in [2.24, 2.45) is 11.8 Å². The molecule has 1 N–H and O–H groups in total. The van der Waals surface area contributed by atoms with Gasteiger partial charge in [0.25, 0.3) is 0 Å². The van der Waals surface area contributed by atoms with Crippen LogP contribution in [0.3, 0.4) is 0 Å². The molecular formula is C10H16N4O2. The van der Waals surface area contributed by atoms with Gasteiger partial charge in [0.05, 0.1) is 14.2 Å². The lowest BCUT2D eigenvalue weighted by molar-refractivity contribution is 0.341. The number of hydrogen-bond acceptors (Lipinski definition) is 6. The molecule has 1 aliphatic rings. The van der Waals surface area contributed by atoms with Crippen LogP contribution in [0.1, 0.15) is 13.3 Å². The van der Waals surface area contributed by atoms with E-state index in [2.05, 4.69) is 27.2 Å². The van der Waals surface area contributed by atoms with E-state index in [9.17, 15) is 0 Å². The number of aromatic nitrogens is 3. The summed E-state index contributed by atoms with van der Waals surface area (Å²) in [6.07, 6.45) is 1.27. The molecule has 2 rings (SSSR count). The van der Waals surface area contributed by atoms with E-state index in [0.717, 1.165) is 18.4 Å². The summed E-state index contributed by atoms with van der Waals surface area (Å²) in [5.41, 5.74) is 0. The zero-order valence-corrected chi connectivity index (χ0v) is 9.73. The first kappa shape index (κ1) is 10.9. The molecule has 0 bridgehead atoms. The Morgan fingerprint density at radius 1 is 1.19 bits per heavy atom. The van der Waals surface area contributed by atoms with Crippen LogP contribution in [0, 0.1) is 11.8 Å². The maximum atomic E-state index is 4.96. The first-order valence-electron chi connectivity index (χ1n) is 5.31. The SMILES string of the molecule is COc1nc(NCC2CC2C)nc(OC)n1. The smallest absolute Gasteiger partial charge is 0.324 e. The predicted molar refractivity (Wildman–Crippen MR) is 58.7 cm³/mol. The molecule has 1 saturated carbocycles. The van der Waals surface area contributed by atoms with Crippen molar-refractivity contribution < 1.29 is 9.47 Å². The molecule has 0 spiro atoms. The molecule has 2 unspecified atom stereocenters. The second kappa shape index (κ2) is 4.51. The van der Waals surface area contributed by atoms with Gasteiger partial charge in [-0.25, -0.2) is 0 Å². The molecule has 6 heteroatoms. The van der Waals surface area contributed by atoms with E-state index in [0.29, 0.717) is 5.95 Å². The predicted octanol–water partition coefficient (Wildman–Crippen LogP) is 0.957. The van der Waals surface area contributed by atoms with E-state index in [4.69, 9.17) is 9.47 Å². The summed E-state index contributed by atoms with van der Waals surface area (Å²) in [6, 6.07) is 0.524. The first-order valence-corrected chi connectivity index (χ1v) is 5.31. The second-order valence-corrected chi connectivity index (χ2v) is 3.99. The topological polar surface area (TPSA) is 69.2 Å². The van der Waals surface area contributed by atoms with Gasteiger partial charge in [-0.2, -0.15) is 9.97 Å². The van der Waals surface area contributed by atoms with Gasteiger partial charge in [0, 0.05) is 6.54 Å². The minimum atomic E-state index is 0.262. The summed E-state index contributed by atoms with van der Waals surface area (Å²) >= 11 is 0. The van der Waals surface area contributed by atoms with Gasteiger partial charge < -0.3 is 14.8 Å². The molecule has 16 heavy (non-hydrogen) atoms. The van der Waals surface area contributed by atoms with Gasteiger partial charge in [0.15, 0.2) is 0 Å². The Labute approximate surface area is 94.4 Å². The molecule has 0 saturated heterocycles. The highest BCUT2D eigenvalue weighted by molar-refractivity contribution is 5.27. The van der Waals surface area contributed by atoms with Gasteiger partial charge in [0.1, 0.15) is 0 Å². The van der Waals surface area contributed by atoms with Crippen LogP contribution in [0.15, 0.2) is 0 Å². The summed E-state index contributed by atoms with van der Waals surface area (Å²) in [7, 11) is 3.03. The number of anilines is 1. The number of nitrogens with zero attached hydrogens (tertiary/aromatic N) is 3. The highest BCUT2D eigenvalue weighted by Crippen LogP contribution is 2.37. The standard InChI is InChI=1S/C10H16N4O2/c1-6-4-7(6)5-11-8-12-9(15-2)14-10(13-8)16-3/h6-7H,4-5H2,1-3H3,(H,11,12,13,14). The average molecular weight is 224 g/mol. The largest absolute Gasteiger partial charge is 0.467 e. The quantitative estimate of drug-likeness (QED) is 0.803. The first-order chi connectivity index (χ1) is 7.72. The minimum absolute atomic E-state index is 0.262. The van der Waals surface area contributed by atoms with Crippen molar-refractivity contribution in [1.82, 2.24) is 15.0 Å². The highest BCUT2D eigenvalue weighted by atomic mass is 16.5. The van der Waals surface area contributed by atoms with Gasteiger partial charge in [-0.15, -0.1) is 4.98 Å². The van der Waals surface area contributed by atoms with E-state index in [-0.39, 0.29) is 12.0 Å². The van der Waals surface area contributed by atoms with Crippen LogP contribution in [-0.4, -0.2) is 35.7 Å². The Hall–Kier alpha value is -1.59. The van der Waals surface area contributed by atoms with Crippen LogP contribution in [0.4, 0.5) is 5.95 Å². The third kappa shape index (κ3) is 2.50. The van der Waals surface area contributed by atoms with Crippen LogP contribution in [-0.2, 0) is 0 Å². The van der Waals surface area contributed by atoms with Crippen LogP contribution in [0.2, 0.25) is 0 Å². The van der Waals surface area contributed by atoms with Crippen LogP contribution >= 0.6 is 0 Å². The van der Waals surface area contributed by atoms with Gasteiger partial charge in [0.2, 0.25) is 5.95 Å². The zero-order chi connectivity index (χ0) is 11.5. The molecule has 6 nitrogen and oxygen atoms in total. The van der Waals surface area contributed by atoms with Crippen molar-refractivity contribution in [2.45, 2.75) is 13.3 Å². The van der Waals surface area contributed by atoms with Gasteiger partial charge in [-0.3, -0.25) is 0 Å². The highest BCUT2D eigenvalue weighted by Gasteiger charge is 2.32. The lowest BCUT2D eigenvalue weighted by Gasteiger charge is -2.06. The van der Waals surface area contributed by atoms with Crippen molar-refractivity contribution in [2.75, 3.05) is 26.1 Å². The van der Waals surface area contributed by atoms with Crippen LogP contribution in [0.25, 0.3) is 0 Å². The molecule has 88 valence electrons. The maximum Gasteiger partial charge on any atom is 0.324 e. The van der Waals surface area contributed by atoms with Crippen molar-refractivity contribution in [1.29, 1.82) is 0 Å². The van der Waals surface area contributed by atoms with Gasteiger partial charge in [-0.1, -0.05) is 6.92 Å². The summed E-state index contributed by atoms with van der Waals surface area (Å²) in [6.45, 7) is 3.12. The number of methoxy groups -OCH3 is 2. The van der Waals surface area contributed by atoms with E-state index < -0.39 is 0 Å². The third-order valence-corrected chi connectivity index (χ3v) is 2.76. The second-order valence-electron chi connectivity index (χ2n) is 3.99. The van der Waals surface area contributed by atoms with Crippen LogP contribution < -0.4 is 14.8 Å². The lowest BCUT2D eigenvalue weighted by Crippen LogP contribution is -2.10.